The lowest BCUT2D eigenvalue weighted by molar-refractivity contribution is 0.0926. The zero-order chi connectivity index (χ0) is 20.9. The van der Waals surface area contributed by atoms with Gasteiger partial charge in [-0.3, -0.25) is 4.79 Å². The summed E-state index contributed by atoms with van der Waals surface area (Å²) in [5, 5.41) is 6.82. The van der Waals surface area contributed by atoms with Crippen LogP contribution in [-0.4, -0.2) is 12.1 Å². The highest BCUT2D eigenvalue weighted by molar-refractivity contribution is 6.30. The lowest BCUT2D eigenvalue weighted by atomic mass is 10.0. The molecule has 6 heteroatoms. The average Bonchev–Trinajstić information content (AvgIpc) is 3.20. The second-order valence-electron chi connectivity index (χ2n) is 6.72. The van der Waals surface area contributed by atoms with Crippen LogP contribution < -0.4 is 10.2 Å². The van der Waals surface area contributed by atoms with Gasteiger partial charge in [0.2, 0.25) is 0 Å². The Morgan fingerprint density at radius 1 is 1.07 bits per heavy atom. The van der Waals surface area contributed by atoms with E-state index in [1.54, 1.807) is 25.3 Å². The van der Waals surface area contributed by atoms with Crippen molar-refractivity contribution in [3.8, 4) is 5.75 Å². The number of carbonyl (C=O) groups is 1. The molecule has 0 saturated heterocycles. The largest absolute Gasteiger partial charge is 0.488 e. The van der Waals surface area contributed by atoms with E-state index in [2.05, 4.69) is 10.5 Å². The summed E-state index contributed by atoms with van der Waals surface area (Å²) in [5.41, 5.74) is 4.27. The first-order valence-corrected chi connectivity index (χ1v) is 9.77. The van der Waals surface area contributed by atoms with Crippen molar-refractivity contribution >= 4 is 34.5 Å². The minimum atomic E-state index is -0.414. The van der Waals surface area contributed by atoms with Crippen LogP contribution in [0.15, 0.2) is 82.3 Å². The molecule has 0 aliphatic carbocycles. The number of rotatable bonds is 6. The van der Waals surface area contributed by atoms with Crippen LogP contribution in [0, 0.1) is 6.92 Å². The van der Waals surface area contributed by atoms with Gasteiger partial charge in [-0.25, -0.2) is 5.43 Å². The lowest BCUT2D eigenvalue weighted by Gasteiger charge is -2.12. The van der Waals surface area contributed by atoms with Gasteiger partial charge in [-0.15, -0.1) is 0 Å². The van der Waals surface area contributed by atoms with Crippen molar-refractivity contribution in [2.24, 2.45) is 5.10 Å². The summed E-state index contributed by atoms with van der Waals surface area (Å²) in [5.74, 6) is 1.12. The van der Waals surface area contributed by atoms with Crippen molar-refractivity contribution in [1.29, 1.82) is 0 Å². The van der Waals surface area contributed by atoms with Crippen molar-refractivity contribution in [1.82, 2.24) is 5.43 Å². The Labute approximate surface area is 178 Å². The fraction of sp³-hybridized carbons (Fsp3) is 0.0833. The number of hydrazone groups is 1. The minimum absolute atomic E-state index is 0.210. The predicted molar refractivity (Wildman–Crippen MR) is 118 cm³/mol. The normalized spacial score (nSPS) is 11.1. The first kappa shape index (κ1) is 19.7. The Morgan fingerprint density at radius 2 is 1.87 bits per heavy atom. The molecule has 0 spiro atoms. The molecule has 5 nitrogen and oxygen atoms in total. The Morgan fingerprint density at radius 3 is 2.63 bits per heavy atom. The number of amides is 1. The maximum absolute atomic E-state index is 12.2. The molecule has 0 atom stereocenters. The molecule has 1 aromatic heterocycles. The summed E-state index contributed by atoms with van der Waals surface area (Å²) < 4.78 is 11.4. The summed E-state index contributed by atoms with van der Waals surface area (Å²) in [6, 6.07) is 22.7. The van der Waals surface area contributed by atoms with E-state index < -0.39 is 5.91 Å². The van der Waals surface area contributed by atoms with Gasteiger partial charge < -0.3 is 9.15 Å². The van der Waals surface area contributed by atoms with E-state index in [9.17, 15) is 4.79 Å². The Hall–Kier alpha value is -3.57. The van der Waals surface area contributed by atoms with Crippen LogP contribution in [0.4, 0.5) is 0 Å². The molecule has 0 bridgehead atoms. The predicted octanol–water partition coefficient (Wildman–Crippen LogP) is 5.74. The highest BCUT2D eigenvalue weighted by Crippen LogP contribution is 2.27. The number of hydrogen-bond acceptors (Lipinski definition) is 4. The van der Waals surface area contributed by atoms with Gasteiger partial charge in [0.05, 0.1) is 6.21 Å². The van der Waals surface area contributed by atoms with Crippen LogP contribution in [0.3, 0.4) is 0 Å². The average molecular weight is 419 g/mol. The third kappa shape index (κ3) is 4.53. The van der Waals surface area contributed by atoms with Crippen molar-refractivity contribution in [2.45, 2.75) is 13.5 Å². The van der Waals surface area contributed by atoms with Gasteiger partial charge in [-0.2, -0.15) is 5.10 Å². The van der Waals surface area contributed by atoms with Crippen molar-refractivity contribution in [2.75, 3.05) is 0 Å². The zero-order valence-electron chi connectivity index (χ0n) is 16.3. The minimum Gasteiger partial charge on any atom is -0.488 e. The molecule has 4 aromatic rings. The van der Waals surface area contributed by atoms with Gasteiger partial charge in [0.25, 0.3) is 0 Å². The van der Waals surface area contributed by atoms with Crippen LogP contribution in [0.1, 0.15) is 27.4 Å². The first-order valence-electron chi connectivity index (χ1n) is 9.39. The Balaban J connectivity index is 1.58. The van der Waals surface area contributed by atoms with Gasteiger partial charge in [0.1, 0.15) is 18.1 Å². The van der Waals surface area contributed by atoms with Crippen LogP contribution in [-0.2, 0) is 6.61 Å². The number of carbonyl (C=O) groups excluding carboxylic acids is 1. The molecule has 30 heavy (non-hydrogen) atoms. The number of ether oxygens (including phenoxy) is 1. The molecule has 3 aromatic carbocycles. The van der Waals surface area contributed by atoms with Gasteiger partial charge in [0.15, 0.2) is 5.76 Å². The van der Waals surface area contributed by atoms with Crippen molar-refractivity contribution < 1.29 is 13.9 Å². The topological polar surface area (TPSA) is 63.8 Å². The molecule has 0 aliphatic heterocycles. The van der Waals surface area contributed by atoms with Gasteiger partial charge in [0, 0.05) is 10.6 Å². The fourth-order valence-corrected chi connectivity index (χ4v) is 3.17. The highest BCUT2D eigenvalue weighted by atomic mass is 35.5. The maximum atomic E-state index is 12.2. The van der Waals surface area contributed by atoms with Crippen LogP contribution >= 0.6 is 11.6 Å². The van der Waals surface area contributed by atoms with Crippen molar-refractivity contribution in [3.63, 3.8) is 0 Å². The number of hydrogen-bond donors (Lipinski definition) is 1. The van der Waals surface area contributed by atoms with Crippen molar-refractivity contribution in [3.05, 3.63) is 100 Å². The standard InChI is InChI=1S/C24H19ClN2O3/c1-16-6-12-23(30-16)24(28)27-26-14-21-20-5-3-2-4-18(20)9-13-22(21)29-15-17-7-10-19(25)11-8-17/h2-14H,15H2,1H3,(H,27,28)/b26-14-. The molecule has 1 heterocycles. The van der Waals surface area contributed by atoms with Crippen LogP contribution in [0.5, 0.6) is 5.75 Å². The monoisotopic (exact) mass is 418 g/mol. The van der Waals surface area contributed by atoms with Gasteiger partial charge in [-0.05, 0) is 53.6 Å². The summed E-state index contributed by atoms with van der Waals surface area (Å²) in [6.45, 7) is 2.16. The molecule has 0 saturated carbocycles. The molecular formula is C24H19ClN2O3. The Bertz CT molecular complexity index is 1210. The number of fused-ring (bicyclic) bond motifs is 1. The molecule has 150 valence electrons. The summed E-state index contributed by atoms with van der Waals surface area (Å²) >= 11 is 5.95. The Kier molecular flexibility index (Phi) is 5.82. The SMILES string of the molecule is Cc1ccc(C(=O)N/N=C\c2c(OCc3ccc(Cl)cc3)ccc3ccccc23)o1. The number of nitrogens with zero attached hydrogens (tertiary/aromatic N) is 1. The van der Waals surface area contributed by atoms with Gasteiger partial charge in [-0.1, -0.05) is 54.1 Å². The second-order valence-corrected chi connectivity index (χ2v) is 7.16. The summed E-state index contributed by atoms with van der Waals surface area (Å²) in [6.07, 6.45) is 1.59. The number of benzene rings is 3. The molecule has 4 rings (SSSR count). The zero-order valence-corrected chi connectivity index (χ0v) is 17.0. The molecule has 0 unspecified atom stereocenters. The smallest absolute Gasteiger partial charge is 0.307 e. The van der Waals surface area contributed by atoms with E-state index in [1.165, 1.54) is 0 Å². The number of furan rings is 1. The molecular weight excluding hydrogens is 400 g/mol. The van der Waals surface area contributed by atoms with E-state index in [0.717, 1.165) is 21.9 Å². The molecule has 1 amide bonds. The number of aryl methyl sites for hydroxylation is 1. The van der Waals surface area contributed by atoms with Crippen LogP contribution in [0.25, 0.3) is 10.8 Å². The first-order chi connectivity index (χ1) is 14.6. The van der Waals surface area contributed by atoms with E-state index in [4.69, 9.17) is 20.8 Å². The molecule has 0 fully saturated rings. The summed E-state index contributed by atoms with van der Waals surface area (Å²) in [7, 11) is 0. The lowest BCUT2D eigenvalue weighted by Crippen LogP contribution is -2.16. The summed E-state index contributed by atoms with van der Waals surface area (Å²) in [4.78, 5) is 12.2. The highest BCUT2D eigenvalue weighted by Gasteiger charge is 2.10. The van der Waals surface area contributed by atoms with E-state index in [0.29, 0.717) is 23.1 Å². The third-order valence-corrected chi connectivity index (χ3v) is 4.81. The fourth-order valence-electron chi connectivity index (χ4n) is 3.04. The van der Waals surface area contributed by atoms with E-state index in [1.807, 2.05) is 60.7 Å². The van der Waals surface area contributed by atoms with E-state index >= 15 is 0 Å². The van der Waals surface area contributed by atoms with Gasteiger partial charge >= 0.3 is 5.91 Å². The van der Waals surface area contributed by atoms with E-state index in [-0.39, 0.29) is 5.76 Å². The van der Waals surface area contributed by atoms with Crippen LogP contribution in [0.2, 0.25) is 5.02 Å². The molecule has 1 N–H and O–H groups in total. The quantitative estimate of drug-likeness (QED) is 0.321. The maximum Gasteiger partial charge on any atom is 0.307 e. The second kappa shape index (κ2) is 8.84. The number of halogens is 1. The molecule has 0 aliphatic rings. The third-order valence-electron chi connectivity index (χ3n) is 4.56. The molecule has 0 radical (unpaired) electrons. The number of nitrogens with one attached hydrogen (secondary N) is 1.